The van der Waals surface area contributed by atoms with Crippen LogP contribution in [0, 0.1) is 5.41 Å². The molecular weight excluding hydrogens is 410 g/mol. The van der Waals surface area contributed by atoms with Gasteiger partial charge in [0.15, 0.2) is 11.9 Å². The summed E-state index contributed by atoms with van der Waals surface area (Å²) in [5, 5.41) is 8.68. The molecule has 1 fully saturated rings. The number of ketones is 1. The van der Waals surface area contributed by atoms with E-state index >= 15 is 0 Å². The molecule has 2 aliphatic rings. The van der Waals surface area contributed by atoms with Gasteiger partial charge in [0.05, 0.1) is 16.8 Å². The van der Waals surface area contributed by atoms with Crippen LogP contribution in [0.25, 0.3) is 0 Å². The maximum absolute atomic E-state index is 13.1. The number of nitrogens with zero attached hydrogens (tertiary/aromatic N) is 1. The number of Topliss-reactive ketones (excluding diaryl/α,β-unsaturated/α-hetero) is 1. The van der Waals surface area contributed by atoms with Gasteiger partial charge in [-0.2, -0.15) is 0 Å². The van der Waals surface area contributed by atoms with Gasteiger partial charge in [-0.25, -0.2) is 9.59 Å². The molecule has 0 spiro atoms. The van der Waals surface area contributed by atoms with Gasteiger partial charge >= 0.3 is 11.9 Å². The Morgan fingerprint density at radius 2 is 1.77 bits per heavy atom. The number of rotatable bonds is 6. The van der Waals surface area contributed by atoms with E-state index in [1.165, 1.54) is 48.0 Å². The molecule has 2 aliphatic heterocycles. The van der Waals surface area contributed by atoms with Crippen molar-refractivity contribution < 1.29 is 33.8 Å². The van der Waals surface area contributed by atoms with E-state index in [0.29, 0.717) is 11.3 Å². The standard InChI is InChI=1S/C21H23NO7S/c1-21(2,3)16(23)14-13(10-30-18-15(28-4)17(24)22(14)18)9-29-20(27)12-7-5-11(6-8-12)19(25)26/h5-8,15,18H,9-10H2,1-4H3,(H,25,26)/t15-,18-/m0/s1. The third-order valence-electron chi connectivity index (χ3n) is 4.89. The summed E-state index contributed by atoms with van der Waals surface area (Å²) in [6, 6.07) is 5.37. The highest BCUT2D eigenvalue weighted by atomic mass is 32.2. The third-order valence-corrected chi connectivity index (χ3v) is 6.21. The van der Waals surface area contributed by atoms with E-state index in [1.54, 1.807) is 20.8 Å². The van der Waals surface area contributed by atoms with Crippen LogP contribution in [0.5, 0.6) is 0 Å². The lowest BCUT2D eigenvalue weighted by Crippen LogP contribution is -2.66. The average Bonchev–Trinajstić information content (AvgIpc) is 2.70. The summed E-state index contributed by atoms with van der Waals surface area (Å²) in [4.78, 5) is 50.3. The Labute approximate surface area is 178 Å². The molecule has 0 saturated carbocycles. The average molecular weight is 433 g/mol. The summed E-state index contributed by atoms with van der Waals surface area (Å²) in [6.45, 7) is 5.16. The second kappa shape index (κ2) is 8.23. The van der Waals surface area contributed by atoms with Crippen LogP contribution in [0.2, 0.25) is 0 Å². The highest BCUT2D eigenvalue weighted by Gasteiger charge is 2.54. The molecule has 1 N–H and O–H groups in total. The van der Waals surface area contributed by atoms with E-state index in [9.17, 15) is 19.2 Å². The summed E-state index contributed by atoms with van der Waals surface area (Å²) < 4.78 is 10.6. The van der Waals surface area contributed by atoms with Crippen LogP contribution in [0.1, 0.15) is 41.5 Å². The monoisotopic (exact) mass is 433 g/mol. The van der Waals surface area contributed by atoms with Crippen LogP contribution >= 0.6 is 11.8 Å². The predicted octanol–water partition coefficient (Wildman–Crippen LogP) is 2.34. The summed E-state index contributed by atoms with van der Waals surface area (Å²) in [7, 11) is 1.46. The minimum absolute atomic E-state index is 0.0611. The van der Waals surface area contributed by atoms with E-state index in [2.05, 4.69) is 0 Å². The number of carboxylic acid groups (broad SMARTS) is 1. The van der Waals surface area contributed by atoms with Crippen molar-refractivity contribution in [3.63, 3.8) is 0 Å². The van der Waals surface area contributed by atoms with Crippen molar-refractivity contribution in [1.29, 1.82) is 0 Å². The lowest BCUT2D eigenvalue weighted by Gasteiger charge is -2.50. The minimum atomic E-state index is -1.09. The van der Waals surface area contributed by atoms with Crippen molar-refractivity contribution in [1.82, 2.24) is 4.90 Å². The number of fused-ring (bicyclic) bond motifs is 1. The van der Waals surface area contributed by atoms with Gasteiger partial charge in [-0.15, -0.1) is 11.8 Å². The molecule has 1 aromatic carbocycles. The number of amides is 1. The zero-order valence-corrected chi connectivity index (χ0v) is 17.9. The fraction of sp³-hybridized carbons (Fsp3) is 0.429. The van der Waals surface area contributed by atoms with Crippen LogP contribution in [-0.4, -0.2) is 64.6 Å². The molecule has 1 saturated heterocycles. The van der Waals surface area contributed by atoms with Gasteiger partial charge in [-0.1, -0.05) is 20.8 Å². The maximum Gasteiger partial charge on any atom is 0.338 e. The van der Waals surface area contributed by atoms with Crippen LogP contribution in [-0.2, 0) is 19.1 Å². The van der Waals surface area contributed by atoms with Gasteiger partial charge in [-0.05, 0) is 24.3 Å². The molecule has 0 aromatic heterocycles. The van der Waals surface area contributed by atoms with Crippen LogP contribution in [0.3, 0.4) is 0 Å². The fourth-order valence-electron chi connectivity index (χ4n) is 3.20. The van der Waals surface area contributed by atoms with E-state index in [0.717, 1.165) is 0 Å². The maximum atomic E-state index is 13.1. The first-order chi connectivity index (χ1) is 14.1. The number of ether oxygens (including phenoxy) is 2. The highest BCUT2D eigenvalue weighted by molar-refractivity contribution is 8.00. The van der Waals surface area contributed by atoms with Gasteiger partial charge in [0, 0.05) is 23.9 Å². The number of hydrogen-bond donors (Lipinski definition) is 1. The summed E-state index contributed by atoms with van der Waals surface area (Å²) in [5.41, 5.74) is 0.381. The van der Waals surface area contributed by atoms with E-state index in [1.807, 2.05) is 0 Å². The van der Waals surface area contributed by atoms with Gasteiger partial charge in [0.25, 0.3) is 5.91 Å². The van der Waals surface area contributed by atoms with Crippen molar-refractivity contribution in [2.24, 2.45) is 5.41 Å². The Kier molecular flexibility index (Phi) is 6.05. The Morgan fingerprint density at radius 3 is 2.30 bits per heavy atom. The normalized spacial score (nSPS) is 21.1. The van der Waals surface area contributed by atoms with E-state index < -0.39 is 23.5 Å². The number of benzene rings is 1. The number of β-lactam (4-membered cyclic amide) rings is 1. The molecular formula is C21H23NO7S. The molecule has 1 amide bonds. The van der Waals surface area contributed by atoms with Gasteiger partial charge in [-0.3, -0.25) is 14.5 Å². The van der Waals surface area contributed by atoms with Crippen molar-refractivity contribution in [2.45, 2.75) is 32.2 Å². The molecule has 0 unspecified atom stereocenters. The first-order valence-corrected chi connectivity index (χ1v) is 10.4. The second-order valence-electron chi connectivity index (χ2n) is 8.06. The van der Waals surface area contributed by atoms with Crippen LogP contribution in [0.15, 0.2) is 35.5 Å². The lowest BCUT2D eigenvalue weighted by molar-refractivity contribution is -0.160. The number of carbonyl (C=O) groups is 4. The Balaban J connectivity index is 1.82. The van der Waals surface area contributed by atoms with E-state index in [-0.39, 0.29) is 40.5 Å². The Morgan fingerprint density at radius 1 is 1.17 bits per heavy atom. The molecule has 3 rings (SSSR count). The predicted molar refractivity (Wildman–Crippen MR) is 109 cm³/mol. The van der Waals surface area contributed by atoms with E-state index in [4.69, 9.17) is 14.6 Å². The lowest BCUT2D eigenvalue weighted by atomic mass is 9.85. The van der Waals surface area contributed by atoms with Gasteiger partial charge < -0.3 is 14.6 Å². The van der Waals surface area contributed by atoms with Gasteiger partial charge in [0.1, 0.15) is 12.0 Å². The van der Waals surface area contributed by atoms with Crippen molar-refractivity contribution >= 4 is 35.4 Å². The molecule has 2 heterocycles. The Hall–Kier alpha value is -2.65. The number of thioether (sulfide) groups is 1. The Bertz CT molecular complexity index is 930. The number of allylic oxidation sites excluding steroid dienone is 1. The number of hydrogen-bond acceptors (Lipinski definition) is 7. The zero-order valence-electron chi connectivity index (χ0n) is 17.1. The first kappa shape index (κ1) is 22.0. The molecule has 0 bridgehead atoms. The molecule has 160 valence electrons. The quantitative estimate of drug-likeness (QED) is 0.538. The van der Waals surface area contributed by atoms with Crippen molar-refractivity contribution in [2.75, 3.05) is 19.5 Å². The topological polar surface area (TPSA) is 110 Å². The summed E-state index contributed by atoms with van der Waals surface area (Å²) in [5.74, 6) is -1.79. The largest absolute Gasteiger partial charge is 0.478 e. The molecule has 30 heavy (non-hydrogen) atoms. The molecule has 0 radical (unpaired) electrons. The fourth-order valence-corrected chi connectivity index (χ4v) is 4.55. The molecule has 2 atom stereocenters. The summed E-state index contributed by atoms with van der Waals surface area (Å²) in [6.07, 6.45) is -0.588. The zero-order chi connectivity index (χ0) is 22.2. The molecule has 0 aliphatic carbocycles. The number of methoxy groups -OCH3 is 1. The number of esters is 1. The number of aromatic carboxylic acids is 1. The van der Waals surface area contributed by atoms with Gasteiger partial charge in [0.2, 0.25) is 0 Å². The molecule has 1 aromatic rings. The number of carboxylic acids is 1. The van der Waals surface area contributed by atoms with Crippen molar-refractivity contribution in [3.05, 3.63) is 46.7 Å². The summed E-state index contributed by atoms with van der Waals surface area (Å²) >= 11 is 1.46. The van der Waals surface area contributed by atoms with Crippen LogP contribution < -0.4 is 0 Å². The smallest absolute Gasteiger partial charge is 0.338 e. The SMILES string of the molecule is CO[C@H]1C(=O)N2C(C(=O)C(C)(C)C)=C(COC(=O)c3ccc(C(=O)O)cc3)CS[C@@H]12. The number of carbonyl (C=O) groups excluding carboxylic acids is 3. The third kappa shape index (κ3) is 3.99. The van der Waals surface area contributed by atoms with Crippen molar-refractivity contribution in [3.8, 4) is 0 Å². The minimum Gasteiger partial charge on any atom is -0.478 e. The highest BCUT2D eigenvalue weighted by Crippen LogP contribution is 2.43. The molecule has 9 heteroatoms. The molecule has 8 nitrogen and oxygen atoms in total. The van der Waals surface area contributed by atoms with Crippen LogP contribution in [0.4, 0.5) is 0 Å². The first-order valence-electron chi connectivity index (χ1n) is 9.31. The second-order valence-corrected chi connectivity index (χ2v) is 9.16.